The minimum absolute atomic E-state index is 0.0325. The van der Waals surface area contributed by atoms with Gasteiger partial charge >= 0.3 is 0 Å². The smallest absolute Gasteiger partial charge is 0.275 e. The first-order chi connectivity index (χ1) is 17.2. The summed E-state index contributed by atoms with van der Waals surface area (Å²) in [6.07, 6.45) is 0.554. The lowest BCUT2D eigenvalue weighted by atomic mass is 9.85. The first-order valence-corrected chi connectivity index (χ1v) is 12.7. The average Bonchev–Trinajstić information content (AvgIpc) is 2.86. The lowest BCUT2D eigenvalue weighted by Gasteiger charge is -2.41. The van der Waals surface area contributed by atoms with Gasteiger partial charge in [0.2, 0.25) is 5.91 Å². The van der Waals surface area contributed by atoms with Gasteiger partial charge in [-0.1, -0.05) is 45.9 Å². The molecule has 2 aromatic carbocycles. The quantitative estimate of drug-likeness (QED) is 0.656. The summed E-state index contributed by atoms with van der Waals surface area (Å²) in [7, 11) is 0. The number of carbonyl (C=O) groups excluding carboxylic acids is 2. The van der Waals surface area contributed by atoms with Crippen LogP contribution in [0, 0.1) is 11.2 Å². The van der Waals surface area contributed by atoms with E-state index in [1.165, 1.54) is 12.1 Å². The predicted molar refractivity (Wildman–Crippen MR) is 135 cm³/mol. The van der Waals surface area contributed by atoms with Crippen LogP contribution in [0.15, 0.2) is 42.5 Å². The van der Waals surface area contributed by atoms with E-state index in [2.05, 4.69) is 5.43 Å². The van der Waals surface area contributed by atoms with Gasteiger partial charge in [-0.3, -0.25) is 15.0 Å². The molecule has 2 aliphatic heterocycles. The SMILES string of the molecule is CCC(Oc1ccc2c(c1)C(c1ccc(F)cc1)N(C(=O)C(C)(C)C)CC2)C(=O)NN1CCOCC1. The second-order valence-electron chi connectivity index (χ2n) is 10.4. The van der Waals surface area contributed by atoms with E-state index in [0.29, 0.717) is 51.4 Å². The largest absolute Gasteiger partial charge is 0.481 e. The second kappa shape index (κ2) is 11.0. The number of fused-ring (bicyclic) bond motifs is 1. The third-order valence-electron chi connectivity index (χ3n) is 6.65. The molecular formula is C28H36FN3O4. The summed E-state index contributed by atoms with van der Waals surface area (Å²) < 4.78 is 25.2. The lowest BCUT2D eigenvalue weighted by Crippen LogP contribution is -2.52. The Labute approximate surface area is 212 Å². The molecule has 1 fully saturated rings. The number of carbonyl (C=O) groups is 2. The molecule has 0 radical (unpaired) electrons. The van der Waals surface area contributed by atoms with Gasteiger partial charge in [0.15, 0.2) is 6.10 Å². The molecule has 0 bridgehead atoms. The average molecular weight is 498 g/mol. The van der Waals surface area contributed by atoms with Crippen LogP contribution in [0.5, 0.6) is 5.75 Å². The van der Waals surface area contributed by atoms with Gasteiger partial charge in [-0.2, -0.15) is 0 Å². The summed E-state index contributed by atoms with van der Waals surface area (Å²) in [5, 5.41) is 1.85. The van der Waals surface area contributed by atoms with Gasteiger partial charge in [0, 0.05) is 25.0 Å². The highest BCUT2D eigenvalue weighted by Crippen LogP contribution is 2.39. The van der Waals surface area contributed by atoms with Crippen molar-refractivity contribution in [2.24, 2.45) is 5.41 Å². The van der Waals surface area contributed by atoms with E-state index >= 15 is 0 Å². The van der Waals surface area contributed by atoms with Gasteiger partial charge < -0.3 is 14.4 Å². The maximum Gasteiger partial charge on any atom is 0.275 e. The van der Waals surface area contributed by atoms with Crippen LogP contribution in [0.25, 0.3) is 0 Å². The number of morpholine rings is 1. The summed E-state index contributed by atoms with van der Waals surface area (Å²) in [6, 6.07) is 11.8. The number of halogens is 1. The summed E-state index contributed by atoms with van der Waals surface area (Å²) in [4.78, 5) is 28.2. The zero-order chi connectivity index (χ0) is 25.9. The Kier molecular flexibility index (Phi) is 7.95. The number of nitrogens with zero attached hydrogens (tertiary/aromatic N) is 2. The lowest BCUT2D eigenvalue weighted by molar-refractivity contribution is -0.141. The van der Waals surface area contributed by atoms with Gasteiger partial charge in [0.05, 0.1) is 19.3 Å². The number of hydrazine groups is 1. The van der Waals surface area contributed by atoms with Crippen molar-refractivity contribution in [2.75, 3.05) is 32.8 Å². The molecule has 194 valence electrons. The Morgan fingerprint density at radius 1 is 1.11 bits per heavy atom. The molecule has 0 spiro atoms. The molecule has 2 amide bonds. The van der Waals surface area contributed by atoms with Crippen LogP contribution in [0.4, 0.5) is 4.39 Å². The van der Waals surface area contributed by atoms with Crippen molar-refractivity contribution >= 4 is 11.8 Å². The topological polar surface area (TPSA) is 71.1 Å². The summed E-state index contributed by atoms with van der Waals surface area (Å²) in [5.74, 6) is 0.0781. The Morgan fingerprint density at radius 3 is 2.44 bits per heavy atom. The zero-order valence-electron chi connectivity index (χ0n) is 21.6. The number of benzene rings is 2. The minimum Gasteiger partial charge on any atom is -0.481 e. The highest BCUT2D eigenvalue weighted by molar-refractivity contribution is 5.83. The minimum atomic E-state index is -0.661. The van der Waals surface area contributed by atoms with E-state index in [-0.39, 0.29) is 23.7 Å². The first kappa shape index (κ1) is 26.1. The number of hydrogen-bond acceptors (Lipinski definition) is 5. The van der Waals surface area contributed by atoms with Crippen LogP contribution in [0.2, 0.25) is 0 Å². The zero-order valence-corrected chi connectivity index (χ0v) is 21.6. The van der Waals surface area contributed by atoms with Crippen LogP contribution < -0.4 is 10.2 Å². The highest BCUT2D eigenvalue weighted by Gasteiger charge is 2.37. The molecule has 0 aliphatic carbocycles. The number of rotatable bonds is 6. The van der Waals surface area contributed by atoms with Crippen molar-refractivity contribution in [3.8, 4) is 5.75 Å². The fraction of sp³-hybridized carbons (Fsp3) is 0.500. The molecule has 2 atom stereocenters. The van der Waals surface area contributed by atoms with E-state index < -0.39 is 11.5 Å². The van der Waals surface area contributed by atoms with Crippen LogP contribution in [-0.4, -0.2) is 60.7 Å². The molecule has 2 aliphatic rings. The number of ether oxygens (including phenoxy) is 2. The van der Waals surface area contributed by atoms with Crippen LogP contribution in [0.3, 0.4) is 0 Å². The van der Waals surface area contributed by atoms with Crippen LogP contribution in [-0.2, 0) is 20.7 Å². The Hall–Kier alpha value is -2.97. The van der Waals surface area contributed by atoms with Gasteiger partial charge in [0.1, 0.15) is 11.6 Å². The number of hydrogen-bond donors (Lipinski definition) is 1. The van der Waals surface area contributed by atoms with Crippen molar-refractivity contribution in [1.82, 2.24) is 15.3 Å². The van der Waals surface area contributed by atoms with Crippen molar-refractivity contribution in [3.05, 3.63) is 65.0 Å². The first-order valence-electron chi connectivity index (χ1n) is 12.7. The maximum absolute atomic E-state index is 13.7. The molecule has 7 nitrogen and oxygen atoms in total. The molecule has 2 heterocycles. The molecule has 8 heteroatoms. The molecule has 2 unspecified atom stereocenters. The monoisotopic (exact) mass is 497 g/mol. The standard InChI is InChI=1S/C28H36FN3O4/c1-5-24(26(33)30-31-14-16-35-17-15-31)36-22-11-8-19-12-13-32(27(34)28(2,3)4)25(23(19)18-22)20-6-9-21(29)10-7-20/h6-11,18,24-25H,5,12-17H2,1-4H3,(H,30,33). The number of nitrogens with one attached hydrogen (secondary N) is 1. The van der Waals surface area contributed by atoms with E-state index in [1.807, 2.05) is 55.8 Å². The summed E-state index contributed by atoms with van der Waals surface area (Å²) in [5.41, 5.74) is 5.26. The fourth-order valence-electron chi connectivity index (χ4n) is 4.71. The van der Waals surface area contributed by atoms with E-state index in [0.717, 1.165) is 16.7 Å². The molecule has 1 N–H and O–H groups in total. The fourth-order valence-corrected chi connectivity index (χ4v) is 4.71. The van der Waals surface area contributed by atoms with E-state index in [9.17, 15) is 14.0 Å². The Morgan fingerprint density at radius 2 is 1.81 bits per heavy atom. The van der Waals surface area contributed by atoms with Crippen LogP contribution in [0.1, 0.15) is 56.8 Å². The number of amides is 2. The molecule has 2 aromatic rings. The highest BCUT2D eigenvalue weighted by atomic mass is 19.1. The van der Waals surface area contributed by atoms with Crippen molar-refractivity contribution in [3.63, 3.8) is 0 Å². The summed E-state index contributed by atoms with van der Waals surface area (Å²) >= 11 is 0. The molecular weight excluding hydrogens is 461 g/mol. The van der Waals surface area contributed by atoms with E-state index in [1.54, 1.807) is 12.1 Å². The molecule has 0 aromatic heterocycles. The maximum atomic E-state index is 13.7. The van der Waals surface area contributed by atoms with Gasteiger partial charge in [-0.15, -0.1) is 0 Å². The second-order valence-corrected chi connectivity index (χ2v) is 10.4. The van der Waals surface area contributed by atoms with Crippen molar-refractivity contribution < 1.29 is 23.5 Å². The Bertz CT molecular complexity index is 1080. The van der Waals surface area contributed by atoms with Crippen molar-refractivity contribution in [2.45, 2.75) is 52.7 Å². The Balaban J connectivity index is 1.62. The molecule has 1 saturated heterocycles. The normalized spacial score (nSPS) is 19.4. The van der Waals surface area contributed by atoms with Crippen LogP contribution >= 0.6 is 0 Å². The van der Waals surface area contributed by atoms with Gasteiger partial charge in [-0.05, 0) is 53.8 Å². The predicted octanol–water partition coefficient (Wildman–Crippen LogP) is 3.87. The van der Waals surface area contributed by atoms with Gasteiger partial charge in [0.25, 0.3) is 5.91 Å². The third kappa shape index (κ3) is 5.87. The van der Waals surface area contributed by atoms with Gasteiger partial charge in [-0.25, -0.2) is 9.40 Å². The van der Waals surface area contributed by atoms with E-state index in [4.69, 9.17) is 9.47 Å². The molecule has 36 heavy (non-hydrogen) atoms. The molecule has 4 rings (SSSR count). The molecule has 0 saturated carbocycles. The summed E-state index contributed by atoms with van der Waals surface area (Å²) in [6.45, 7) is 10.6. The third-order valence-corrected chi connectivity index (χ3v) is 6.65. The van der Waals surface area contributed by atoms with Crippen molar-refractivity contribution in [1.29, 1.82) is 0 Å².